The van der Waals surface area contributed by atoms with E-state index >= 15 is 0 Å². The van der Waals surface area contributed by atoms with Gasteiger partial charge in [0.1, 0.15) is 54.7 Å². The first-order valence-electron chi connectivity index (χ1n) is 29.3. The van der Waals surface area contributed by atoms with E-state index in [9.17, 15) is 58.1 Å². The van der Waals surface area contributed by atoms with Gasteiger partial charge in [-0.1, -0.05) is 5.10 Å². The SMILES string of the molecule is NCCCC[C@H](NC(=O)COCCOCCOCCNC(=O)c1cc(NC(=O)c2cc(NC(=O)c3cc([N+](=O)[O-])[nH]n3)n[nH]2)n[nH]1)C(=O)N[C@@H](CCCCN)C(=O)N[C@@H](CCCCN)C(=O)N[C@@H](CCCCN)C(=O)N[C@@H](CCCCN)C(=O)NCC(=O)O. The average molecular weight is 1260 g/mol. The maximum Gasteiger partial charge on any atom is 0.343 e. The molecule has 3 aromatic heterocycles. The molecule has 3 heterocycles. The van der Waals surface area contributed by atoms with Crippen LogP contribution in [-0.2, 0) is 47.8 Å². The first kappa shape index (κ1) is 74.7. The Morgan fingerprint density at radius 2 is 0.876 bits per heavy atom. The van der Waals surface area contributed by atoms with Gasteiger partial charge in [0.15, 0.2) is 17.3 Å². The van der Waals surface area contributed by atoms with Crippen molar-refractivity contribution in [2.24, 2.45) is 28.7 Å². The van der Waals surface area contributed by atoms with Gasteiger partial charge < -0.3 is 106 Å². The number of aliphatic carboxylic acids is 1. The van der Waals surface area contributed by atoms with E-state index in [0.29, 0.717) is 90.4 Å². The number of nitro groups is 1. The van der Waals surface area contributed by atoms with E-state index in [-0.39, 0.29) is 107 Å². The number of nitrogens with two attached hydrogens (primary N) is 5. The van der Waals surface area contributed by atoms with Crippen molar-refractivity contribution >= 4 is 76.6 Å². The van der Waals surface area contributed by atoms with Crippen molar-refractivity contribution in [3.63, 3.8) is 0 Å². The molecule has 0 aliphatic rings. The topological polar surface area (TPSA) is 586 Å². The zero-order valence-corrected chi connectivity index (χ0v) is 49.7. The van der Waals surface area contributed by atoms with Gasteiger partial charge in [-0.15, -0.1) is 5.10 Å². The molecular formula is C52H87N21O16. The van der Waals surface area contributed by atoms with Crippen LogP contribution in [0.2, 0.25) is 0 Å². The highest BCUT2D eigenvalue weighted by Gasteiger charge is 2.33. The van der Waals surface area contributed by atoms with Crippen LogP contribution in [0.25, 0.3) is 0 Å². The molecule has 3 aromatic rings. The van der Waals surface area contributed by atoms with Crippen molar-refractivity contribution in [1.82, 2.24) is 67.8 Å². The molecule has 0 bridgehead atoms. The molecule has 37 nitrogen and oxygen atoms in total. The number of hydrogen-bond acceptors (Lipinski definition) is 23. The molecule has 89 heavy (non-hydrogen) atoms. The van der Waals surface area contributed by atoms with Gasteiger partial charge in [0, 0.05) is 18.7 Å². The van der Waals surface area contributed by atoms with Crippen molar-refractivity contribution in [2.45, 2.75) is 127 Å². The first-order valence-corrected chi connectivity index (χ1v) is 29.3. The van der Waals surface area contributed by atoms with Gasteiger partial charge in [-0.2, -0.15) is 10.2 Å². The van der Waals surface area contributed by atoms with Crippen molar-refractivity contribution < 1.29 is 72.2 Å². The van der Waals surface area contributed by atoms with Gasteiger partial charge in [0.2, 0.25) is 35.4 Å². The fourth-order valence-corrected chi connectivity index (χ4v) is 8.25. The van der Waals surface area contributed by atoms with Crippen LogP contribution in [0.3, 0.4) is 0 Å². The number of carbonyl (C=O) groups is 10. The number of anilines is 2. The minimum absolute atomic E-state index is 0.00602. The zero-order valence-electron chi connectivity index (χ0n) is 49.7. The fourth-order valence-electron chi connectivity index (χ4n) is 8.25. The largest absolute Gasteiger partial charge is 0.480 e. The number of carbonyl (C=O) groups excluding carboxylic acids is 9. The molecule has 0 saturated heterocycles. The Bertz CT molecular complexity index is 2710. The summed E-state index contributed by atoms with van der Waals surface area (Å²) in [6.07, 6.45) is 5.21. The molecule has 0 aliphatic heterocycles. The van der Waals surface area contributed by atoms with Crippen LogP contribution in [0.1, 0.15) is 128 Å². The Hall–Kier alpha value is -8.59. The summed E-state index contributed by atoms with van der Waals surface area (Å²) in [6, 6.07) is -2.48. The molecule has 5 atom stereocenters. The van der Waals surface area contributed by atoms with Gasteiger partial charge >= 0.3 is 11.8 Å². The molecule has 23 N–H and O–H groups in total. The quantitative estimate of drug-likeness (QED) is 0.0147. The summed E-state index contributed by atoms with van der Waals surface area (Å²) in [4.78, 5) is 141. The van der Waals surface area contributed by atoms with E-state index in [2.05, 4.69) is 78.4 Å². The van der Waals surface area contributed by atoms with Gasteiger partial charge in [0.25, 0.3) is 17.7 Å². The number of hydrogen-bond donors (Lipinski definition) is 18. The summed E-state index contributed by atoms with van der Waals surface area (Å²) in [5.41, 5.74) is 28.3. The van der Waals surface area contributed by atoms with Gasteiger partial charge in [-0.3, -0.25) is 58.1 Å². The second-order valence-corrected chi connectivity index (χ2v) is 20.1. The standard InChI is InChI=1S/C52H87N21O16/c53-16-6-1-11-32(45(77)59-30-44(75)76)61-48(80)34(13-3-8-18-55)63-50(82)36(15-5-10-20-57)64-49(81)35(14-4-9-19-56)62-47(79)33(12-2-7-17-54)60-43(74)31-89-26-25-88-24-23-87-22-21-58-46(78)37-27-40(70-67-37)65-51(83)38-28-41(71-68-38)66-52(84)39-29-42(72-69-39)73(85)86/h27-29,32-36H,1-26,30-31,53-57H2,(H,58,78)(H,59,77)(H,60,74)(H,61,80)(H,62,79)(H,63,82)(H,64,81)(H,69,72)(H,75,76)(H2,65,67,70,83)(H2,66,68,71,84)/t32-,33-,34-,35-,36-/m0/s1. The summed E-state index contributed by atoms with van der Waals surface area (Å²) in [5.74, 6) is -8.17. The van der Waals surface area contributed by atoms with Crippen LogP contribution >= 0.6 is 0 Å². The highest BCUT2D eigenvalue weighted by molar-refractivity contribution is 6.06. The molecule has 9 amide bonds. The monoisotopic (exact) mass is 1260 g/mol. The van der Waals surface area contributed by atoms with E-state index in [4.69, 9.17) is 48.0 Å². The van der Waals surface area contributed by atoms with Gasteiger partial charge in [-0.25, -0.2) is 0 Å². The Morgan fingerprint density at radius 3 is 1.29 bits per heavy atom. The first-order chi connectivity index (χ1) is 42.8. The van der Waals surface area contributed by atoms with Crippen molar-refractivity contribution in [3.05, 3.63) is 45.4 Å². The van der Waals surface area contributed by atoms with E-state index in [1.807, 2.05) is 0 Å². The molecule has 0 fully saturated rings. The minimum Gasteiger partial charge on any atom is -0.480 e. The van der Waals surface area contributed by atoms with Crippen LogP contribution in [0.15, 0.2) is 18.2 Å². The number of nitrogens with one attached hydrogen (secondary N) is 12. The van der Waals surface area contributed by atoms with E-state index in [1.54, 1.807) is 0 Å². The number of H-pyrrole nitrogens is 3. The highest BCUT2D eigenvalue weighted by Crippen LogP contribution is 2.15. The third-order valence-corrected chi connectivity index (χ3v) is 13.0. The van der Waals surface area contributed by atoms with Gasteiger partial charge in [0.05, 0.1) is 39.1 Å². The van der Waals surface area contributed by atoms with E-state index < -0.39 is 113 Å². The van der Waals surface area contributed by atoms with E-state index in [1.165, 1.54) is 12.1 Å². The third-order valence-electron chi connectivity index (χ3n) is 13.0. The number of nitrogens with zero attached hydrogens (tertiary/aromatic N) is 4. The summed E-state index contributed by atoms with van der Waals surface area (Å²) < 4.78 is 16.5. The molecule has 0 unspecified atom stereocenters. The van der Waals surface area contributed by atoms with Crippen molar-refractivity contribution in [1.29, 1.82) is 0 Å². The number of rotatable bonds is 49. The number of amides is 9. The van der Waals surface area contributed by atoms with Crippen LogP contribution in [0.5, 0.6) is 0 Å². The molecular weight excluding hydrogens is 1170 g/mol. The number of carboxylic acids is 1. The summed E-state index contributed by atoms with van der Waals surface area (Å²) in [7, 11) is 0. The summed E-state index contributed by atoms with van der Waals surface area (Å²) in [5, 5.41) is 61.5. The molecule has 0 aromatic carbocycles. The molecule has 37 heteroatoms. The van der Waals surface area contributed by atoms with E-state index in [0.717, 1.165) is 6.07 Å². The number of ether oxygens (including phenoxy) is 3. The van der Waals surface area contributed by atoms with Crippen molar-refractivity contribution in [2.75, 3.05) is 96.1 Å². The molecule has 3 rings (SSSR count). The lowest BCUT2D eigenvalue weighted by Crippen LogP contribution is -2.59. The number of unbranched alkanes of at least 4 members (excludes halogenated alkanes) is 5. The lowest BCUT2D eigenvalue weighted by molar-refractivity contribution is -0.389. The Balaban J connectivity index is 1.48. The van der Waals surface area contributed by atoms with Gasteiger partial charge in [-0.05, 0) is 134 Å². The lowest BCUT2D eigenvalue weighted by atomic mass is 10.0. The highest BCUT2D eigenvalue weighted by atomic mass is 16.6. The number of carboxylic acid groups (broad SMARTS) is 1. The molecule has 496 valence electrons. The van der Waals surface area contributed by atoms with Crippen LogP contribution in [0, 0.1) is 10.1 Å². The predicted molar refractivity (Wildman–Crippen MR) is 318 cm³/mol. The number of aromatic amines is 3. The second-order valence-electron chi connectivity index (χ2n) is 20.1. The Morgan fingerprint density at radius 1 is 0.483 bits per heavy atom. The number of aromatic nitrogens is 6. The predicted octanol–water partition coefficient (Wildman–Crippen LogP) is -3.68. The molecule has 0 radical (unpaired) electrons. The fraction of sp³-hybridized carbons (Fsp3) is 0.635. The summed E-state index contributed by atoms with van der Waals surface area (Å²) >= 11 is 0. The third kappa shape index (κ3) is 29.8. The second kappa shape index (κ2) is 43.1. The normalized spacial score (nSPS) is 12.7. The maximum absolute atomic E-state index is 14.2. The van der Waals surface area contributed by atoms with Crippen LogP contribution < -0.4 is 76.5 Å². The molecule has 0 saturated carbocycles. The average Bonchev–Trinajstić information content (AvgIpc) is 3.68. The van der Waals surface area contributed by atoms with Crippen LogP contribution in [-0.4, -0.2) is 215 Å². The Kier molecular flexibility index (Phi) is 36.2. The lowest BCUT2D eigenvalue weighted by Gasteiger charge is -2.27. The minimum atomic E-state index is -1.29. The summed E-state index contributed by atoms with van der Waals surface area (Å²) in [6.45, 7) is 0.923. The Labute approximate surface area is 511 Å². The van der Waals surface area contributed by atoms with Crippen molar-refractivity contribution in [3.8, 4) is 0 Å². The van der Waals surface area contributed by atoms with Crippen LogP contribution in [0.4, 0.5) is 17.5 Å². The zero-order chi connectivity index (χ0) is 65.3. The smallest absolute Gasteiger partial charge is 0.343 e. The molecule has 0 aliphatic carbocycles. The maximum atomic E-state index is 14.2. The molecule has 0 spiro atoms.